The number of rotatable bonds is 5. The molecule has 3 atom stereocenters. The highest BCUT2D eigenvalue weighted by molar-refractivity contribution is 7.85. The molecule has 1 aromatic carbocycles. The lowest BCUT2D eigenvalue weighted by Gasteiger charge is -2.27. The Kier molecular flexibility index (Phi) is 6.48. The van der Waals surface area contributed by atoms with Gasteiger partial charge in [-0.3, -0.25) is 9.57 Å². The van der Waals surface area contributed by atoms with Crippen LogP contribution in [0.1, 0.15) is 6.42 Å². The number of amides is 1. The number of anilines is 2. The summed E-state index contributed by atoms with van der Waals surface area (Å²) in [5, 5.41) is 2.94. The van der Waals surface area contributed by atoms with Crippen molar-refractivity contribution in [3.8, 4) is 5.75 Å². The number of nitrogens with one attached hydrogen (secondary N) is 2. The van der Waals surface area contributed by atoms with Crippen LogP contribution in [-0.2, 0) is 15.5 Å². The molecule has 1 aliphatic rings. The number of ether oxygens (including phenoxy) is 1. The van der Waals surface area contributed by atoms with Gasteiger partial charge in [0.25, 0.3) is 0 Å². The molecule has 1 saturated heterocycles. The van der Waals surface area contributed by atoms with E-state index in [0.717, 1.165) is 24.1 Å². The lowest BCUT2D eigenvalue weighted by atomic mass is 10.0. The van der Waals surface area contributed by atoms with Crippen LogP contribution in [0.4, 0.5) is 33.3 Å². The molecule has 168 valence electrons. The number of alkyl halides is 3. The summed E-state index contributed by atoms with van der Waals surface area (Å²) >= 11 is 0. The molecule has 0 spiro atoms. The van der Waals surface area contributed by atoms with Crippen molar-refractivity contribution in [1.29, 1.82) is 4.78 Å². The summed E-state index contributed by atoms with van der Waals surface area (Å²) in [4.78, 5) is 18.0. The predicted molar refractivity (Wildman–Crippen MR) is 105 cm³/mol. The van der Waals surface area contributed by atoms with Gasteiger partial charge in [-0.2, -0.15) is 17.6 Å². The number of halogens is 5. The zero-order valence-corrected chi connectivity index (χ0v) is 17.3. The number of hydrogen-bond donors (Lipinski definition) is 2. The van der Waals surface area contributed by atoms with Crippen molar-refractivity contribution < 1.29 is 31.5 Å². The molecule has 1 fully saturated rings. The number of hydrogen-bond acceptors (Lipinski definition) is 5. The highest BCUT2D eigenvalue weighted by Gasteiger charge is 2.50. The quantitative estimate of drug-likeness (QED) is 0.655. The minimum Gasteiger partial charge on any atom is -0.491 e. The molecule has 31 heavy (non-hydrogen) atoms. The lowest BCUT2D eigenvalue weighted by Crippen LogP contribution is -2.40. The molecule has 0 saturated carbocycles. The van der Waals surface area contributed by atoms with E-state index in [4.69, 9.17) is 9.52 Å². The second-order valence-electron chi connectivity index (χ2n) is 6.94. The molecule has 0 bridgehead atoms. The van der Waals surface area contributed by atoms with Gasteiger partial charge >= 0.3 is 6.18 Å². The van der Waals surface area contributed by atoms with Gasteiger partial charge in [0.15, 0.2) is 11.6 Å². The van der Waals surface area contributed by atoms with Gasteiger partial charge in [0, 0.05) is 18.4 Å². The molecule has 0 aliphatic carbocycles. The highest BCUT2D eigenvalue weighted by atomic mass is 32.2. The molecule has 0 radical (unpaired) electrons. The van der Waals surface area contributed by atoms with Gasteiger partial charge in [0.05, 0.1) is 18.7 Å². The van der Waals surface area contributed by atoms with Crippen molar-refractivity contribution in [3.05, 3.63) is 42.1 Å². The van der Waals surface area contributed by atoms with Crippen LogP contribution in [0.5, 0.6) is 5.75 Å². The summed E-state index contributed by atoms with van der Waals surface area (Å²) in [5.41, 5.74) is 0.124. The number of nitrogens with zero attached hydrogens (tertiary/aromatic N) is 2. The molecule has 2 aromatic rings. The number of methoxy groups -OCH3 is 1. The SMILES string of the molecule is COc1c(N2CC(C(F)(F)F)CC2C(=O)Nc2ccnc([S@](C)=N)c2)ccc(F)c1F. The summed E-state index contributed by atoms with van der Waals surface area (Å²) in [6.45, 7) is -0.615. The van der Waals surface area contributed by atoms with E-state index in [0.29, 0.717) is 5.03 Å². The van der Waals surface area contributed by atoms with Crippen LogP contribution < -0.4 is 15.0 Å². The summed E-state index contributed by atoms with van der Waals surface area (Å²) in [7, 11) is 0.130. The molecule has 6 nitrogen and oxygen atoms in total. The topological polar surface area (TPSA) is 78.3 Å². The molecule has 12 heteroatoms. The average molecular weight is 462 g/mol. The minimum atomic E-state index is -4.58. The standard InChI is InChI=1S/C19H19F5N4O2S/c1-30-17-13(4-3-12(20)16(17)21)28-9-10(19(22,23)24)7-14(28)18(29)27-11-5-6-26-15(8-11)31(2)25/h3-6,8,10,14,25H,7,9H2,1-2H3,(H,26,27,29)/t10?,14?,31-/m0/s1. The Balaban J connectivity index is 1.96. The maximum absolute atomic E-state index is 14.2. The van der Waals surface area contributed by atoms with E-state index < -0.39 is 65.1 Å². The largest absolute Gasteiger partial charge is 0.491 e. The zero-order chi connectivity index (χ0) is 22.9. The third kappa shape index (κ3) is 4.78. The van der Waals surface area contributed by atoms with Crippen molar-refractivity contribution in [3.63, 3.8) is 0 Å². The molecule has 1 aliphatic heterocycles. The fraction of sp³-hybridized carbons (Fsp3) is 0.368. The first-order chi connectivity index (χ1) is 14.5. The fourth-order valence-corrected chi connectivity index (χ4v) is 3.93. The molecule has 1 aromatic heterocycles. The maximum Gasteiger partial charge on any atom is 0.393 e. The Morgan fingerprint density at radius 3 is 2.65 bits per heavy atom. The van der Waals surface area contributed by atoms with Gasteiger partial charge in [0.2, 0.25) is 11.7 Å². The van der Waals surface area contributed by atoms with E-state index in [2.05, 4.69) is 10.3 Å². The minimum absolute atomic E-state index is 0.148. The van der Waals surface area contributed by atoms with Gasteiger partial charge in [-0.05, 0) is 36.9 Å². The van der Waals surface area contributed by atoms with Gasteiger partial charge in [-0.15, -0.1) is 0 Å². The van der Waals surface area contributed by atoms with Crippen LogP contribution in [0.25, 0.3) is 0 Å². The molecule has 3 rings (SSSR count). The Morgan fingerprint density at radius 2 is 2.03 bits per heavy atom. The smallest absolute Gasteiger partial charge is 0.393 e. The monoisotopic (exact) mass is 462 g/mol. The van der Waals surface area contributed by atoms with Gasteiger partial charge in [-0.1, -0.05) is 10.7 Å². The number of carbonyl (C=O) groups is 1. The number of carbonyl (C=O) groups excluding carboxylic acids is 1. The number of benzene rings is 1. The fourth-order valence-electron chi connectivity index (χ4n) is 3.41. The highest BCUT2D eigenvalue weighted by Crippen LogP contribution is 2.43. The second kappa shape index (κ2) is 8.77. The lowest BCUT2D eigenvalue weighted by molar-refractivity contribution is -0.168. The normalized spacial score (nSPS) is 19.9. The van der Waals surface area contributed by atoms with Crippen LogP contribution in [0, 0.1) is 22.3 Å². The van der Waals surface area contributed by atoms with Crippen molar-refractivity contribution in [1.82, 2.24) is 4.98 Å². The first-order valence-electron chi connectivity index (χ1n) is 9.02. The van der Waals surface area contributed by atoms with Gasteiger partial charge < -0.3 is 15.0 Å². The Labute approximate surface area is 177 Å². The van der Waals surface area contributed by atoms with Crippen LogP contribution in [0.3, 0.4) is 0 Å². The number of pyridine rings is 1. The molecule has 2 unspecified atom stereocenters. The molecule has 2 N–H and O–H groups in total. The Morgan fingerprint density at radius 1 is 1.32 bits per heavy atom. The molecular weight excluding hydrogens is 443 g/mol. The Hall–Kier alpha value is -2.76. The summed E-state index contributed by atoms with van der Waals surface area (Å²) in [6.07, 6.45) is -2.15. The first-order valence-corrected chi connectivity index (χ1v) is 10.7. The first kappa shape index (κ1) is 22.9. The summed E-state index contributed by atoms with van der Waals surface area (Å²) in [5.74, 6) is -5.74. The van der Waals surface area contributed by atoms with E-state index >= 15 is 0 Å². The third-order valence-electron chi connectivity index (χ3n) is 4.93. The van der Waals surface area contributed by atoms with Gasteiger partial charge in [0.1, 0.15) is 11.1 Å². The van der Waals surface area contributed by atoms with Crippen LogP contribution in [0.15, 0.2) is 35.5 Å². The molecular formula is C19H19F5N4O2S. The van der Waals surface area contributed by atoms with E-state index in [1.165, 1.54) is 18.3 Å². The third-order valence-corrected chi connectivity index (χ3v) is 5.78. The van der Waals surface area contributed by atoms with Crippen molar-refractivity contribution >= 4 is 28.0 Å². The van der Waals surface area contributed by atoms with E-state index in [1.54, 1.807) is 6.26 Å². The van der Waals surface area contributed by atoms with E-state index in [-0.39, 0.29) is 11.4 Å². The van der Waals surface area contributed by atoms with Crippen molar-refractivity contribution in [2.75, 3.05) is 30.1 Å². The second-order valence-corrected chi connectivity index (χ2v) is 8.38. The zero-order valence-electron chi connectivity index (χ0n) is 16.5. The predicted octanol–water partition coefficient (Wildman–Crippen LogP) is 4.13. The van der Waals surface area contributed by atoms with Crippen molar-refractivity contribution in [2.45, 2.75) is 23.7 Å². The summed E-state index contributed by atoms with van der Waals surface area (Å²) in [6, 6.07) is 3.47. The molecule has 2 heterocycles. The van der Waals surface area contributed by atoms with E-state index in [9.17, 15) is 26.7 Å². The van der Waals surface area contributed by atoms with E-state index in [1.807, 2.05) is 0 Å². The number of aromatic nitrogens is 1. The van der Waals surface area contributed by atoms with Gasteiger partial charge in [-0.25, -0.2) is 9.37 Å². The van der Waals surface area contributed by atoms with Crippen LogP contribution >= 0.6 is 0 Å². The molecule has 1 amide bonds. The van der Waals surface area contributed by atoms with Crippen LogP contribution in [-0.4, -0.2) is 43.0 Å². The van der Waals surface area contributed by atoms with Crippen LogP contribution in [0.2, 0.25) is 0 Å². The Bertz CT molecular complexity index is 1020. The van der Waals surface area contributed by atoms with Crippen molar-refractivity contribution in [2.24, 2.45) is 5.92 Å². The maximum atomic E-state index is 14.2. The average Bonchev–Trinajstić information content (AvgIpc) is 3.16. The summed E-state index contributed by atoms with van der Waals surface area (Å²) < 4.78 is 80.7.